The minimum absolute atomic E-state index is 0.00482. The molecule has 1 aliphatic heterocycles. The van der Waals surface area contributed by atoms with Gasteiger partial charge in [0.25, 0.3) is 0 Å². The first-order chi connectivity index (χ1) is 9.37. The van der Waals surface area contributed by atoms with Crippen molar-refractivity contribution in [1.82, 2.24) is 5.32 Å². The van der Waals surface area contributed by atoms with Gasteiger partial charge < -0.3 is 20.1 Å². The number of ether oxygens (including phenoxy) is 2. The van der Waals surface area contributed by atoms with E-state index < -0.39 is 5.79 Å². The molecule has 6 heteroatoms. The van der Waals surface area contributed by atoms with Gasteiger partial charge in [0.1, 0.15) is 6.10 Å². The highest BCUT2D eigenvalue weighted by molar-refractivity contribution is 7.80. The van der Waals surface area contributed by atoms with Crippen LogP contribution in [0.5, 0.6) is 0 Å². The maximum absolute atomic E-state index is 6.07. The van der Waals surface area contributed by atoms with Crippen LogP contribution in [0.25, 0.3) is 0 Å². The molecule has 0 radical (unpaired) electrons. The van der Waals surface area contributed by atoms with Crippen LogP contribution in [0, 0.1) is 6.92 Å². The lowest BCUT2D eigenvalue weighted by Crippen LogP contribution is -2.36. The van der Waals surface area contributed by atoms with Crippen LogP contribution < -0.4 is 10.6 Å². The summed E-state index contributed by atoms with van der Waals surface area (Å²) in [5.41, 5.74) is 1.87. The normalized spacial score (nSPS) is 20.7. The summed E-state index contributed by atoms with van der Waals surface area (Å²) in [5, 5.41) is 7.52. The van der Waals surface area contributed by atoms with Gasteiger partial charge in [-0.25, -0.2) is 0 Å². The molecule has 1 unspecified atom stereocenters. The Morgan fingerprint density at radius 2 is 2.25 bits per heavy atom. The molecule has 1 fully saturated rings. The molecule has 1 atom stereocenters. The van der Waals surface area contributed by atoms with Gasteiger partial charge in [-0.05, 0) is 50.7 Å². The van der Waals surface area contributed by atoms with E-state index in [9.17, 15) is 0 Å². The average molecular weight is 315 g/mol. The smallest absolute Gasteiger partial charge is 0.170 e. The zero-order valence-corrected chi connectivity index (χ0v) is 13.4. The van der Waals surface area contributed by atoms with E-state index in [1.54, 1.807) is 0 Å². The molecule has 20 heavy (non-hydrogen) atoms. The van der Waals surface area contributed by atoms with Gasteiger partial charge >= 0.3 is 0 Å². The van der Waals surface area contributed by atoms with Gasteiger partial charge in [-0.2, -0.15) is 0 Å². The van der Waals surface area contributed by atoms with Crippen LogP contribution in [-0.2, 0) is 9.47 Å². The topological polar surface area (TPSA) is 42.5 Å². The number of halogens is 1. The quantitative estimate of drug-likeness (QED) is 0.839. The van der Waals surface area contributed by atoms with Crippen molar-refractivity contribution in [1.29, 1.82) is 0 Å². The van der Waals surface area contributed by atoms with Gasteiger partial charge in [0.15, 0.2) is 10.9 Å². The number of thiocarbonyl (C=S) groups is 1. The Bertz CT molecular complexity index is 508. The maximum atomic E-state index is 6.07. The molecule has 2 rings (SSSR count). The molecular weight excluding hydrogens is 296 g/mol. The van der Waals surface area contributed by atoms with Crippen molar-refractivity contribution in [2.75, 3.05) is 18.5 Å². The molecule has 1 heterocycles. The molecule has 4 nitrogen and oxygen atoms in total. The van der Waals surface area contributed by atoms with Crippen LogP contribution in [-0.4, -0.2) is 30.2 Å². The second kappa shape index (κ2) is 6.26. The molecule has 0 bridgehead atoms. The zero-order valence-electron chi connectivity index (χ0n) is 11.8. The third kappa shape index (κ3) is 4.06. The first-order valence-corrected chi connectivity index (χ1v) is 7.28. The lowest BCUT2D eigenvalue weighted by Gasteiger charge is -2.18. The van der Waals surface area contributed by atoms with Crippen LogP contribution in [0.3, 0.4) is 0 Å². The van der Waals surface area contributed by atoms with E-state index >= 15 is 0 Å². The molecule has 0 saturated carbocycles. The fourth-order valence-corrected chi connectivity index (χ4v) is 2.35. The molecule has 1 saturated heterocycles. The Morgan fingerprint density at radius 3 is 2.90 bits per heavy atom. The summed E-state index contributed by atoms with van der Waals surface area (Å²) in [6.07, 6.45) is 0.00482. The van der Waals surface area contributed by atoms with Crippen LogP contribution in [0.2, 0.25) is 5.02 Å². The molecule has 110 valence electrons. The summed E-state index contributed by atoms with van der Waals surface area (Å²) in [7, 11) is 0. The Kier molecular flexibility index (Phi) is 4.86. The van der Waals surface area contributed by atoms with Crippen molar-refractivity contribution in [2.24, 2.45) is 0 Å². The first-order valence-electron chi connectivity index (χ1n) is 6.49. The summed E-state index contributed by atoms with van der Waals surface area (Å²) < 4.78 is 11.2. The van der Waals surface area contributed by atoms with Crippen molar-refractivity contribution in [2.45, 2.75) is 32.7 Å². The molecular formula is C14H19ClN2O2S. The SMILES string of the molecule is Cc1c(Cl)cccc1NC(=S)NCC1COC(C)(C)O1. The molecule has 0 aromatic heterocycles. The second-order valence-electron chi connectivity index (χ2n) is 5.20. The Morgan fingerprint density at radius 1 is 1.50 bits per heavy atom. The van der Waals surface area contributed by atoms with E-state index in [4.69, 9.17) is 33.3 Å². The zero-order chi connectivity index (χ0) is 14.8. The van der Waals surface area contributed by atoms with Gasteiger partial charge in [0, 0.05) is 17.3 Å². The van der Waals surface area contributed by atoms with Gasteiger partial charge in [-0.15, -0.1) is 0 Å². The fourth-order valence-electron chi connectivity index (χ4n) is 1.98. The molecule has 2 N–H and O–H groups in total. The first kappa shape index (κ1) is 15.5. The number of nitrogens with one attached hydrogen (secondary N) is 2. The average Bonchev–Trinajstić information content (AvgIpc) is 2.72. The van der Waals surface area contributed by atoms with Crippen molar-refractivity contribution in [3.8, 4) is 0 Å². The van der Waals surface area contributed by atoms with Gasteiger partial charge in [0.2, 0.25) is 0 Å². The highest BCUT2D eigenvalue weighted by Crippen LogP contribution is 2.23. The fraction of sp³-hybridized carbons (Fsp3) is 0.500. The van der Waals surface area contributed by atoms with Crippen LogP contribution in [0.4, 0.5) is 5.69 Å². The van der Waals surface area contributed by atoms with Gasteiger partial charge in [-0.3, -0.25) is 0 Å². The monoisotopic (exact) mass is 314 g/mol. The summed E-state index contributed by atoms with van der Waals surface area (Å²) in [5.74, 6) is -0.509. The van der Waals surface area contributed by atoms with Crippen molar-refractivity contribution in [3.05, 3.63) is 28.8 Å². The third-order valence-electron chi connectivity index (χ3n) is 3.07. The Labute approximate surface area is 129 Å². The van der Waals surface area contributed by atoms with Gasteiger partial charge in [0.05, 0.1) is 6.61 Å². The third-order valence-corrected chi connectivity index (χ3v) is 3.73. The van der Waals surface area contributed by atoms with E-state index in [1.165, 1.54) is 0 Å². The predicted molar refractivity (Wildman–Crippen MR) is 85.3 cm³/mol. The molecule has 1 aromatic carbocycles. The molecule has 0 aliphatic carbocycles. The van der Waals surface area contributed by atoms with Crippen LogP contribution >= 0.6 is 23.8 Å². The summed E-state index contributed by atoms with van der Waals surface area (Å²) >= 11 is 11.3. The summed E-state index contributed by atoms with van der Waals surface area (Å²) in [6, 6.07) is 5.68. The number of benzene rings is 1. The number of rotatable bonds is 3. The molecule has 1 aliphatic rings. The van der Waals surface area contributed by atoms with Crippen molar-refractivity contribution >= 4 is 34.6 Å². The lowest BCUT2D eigenvalue weighted by atomic mass is 10.2. The van der Waals surface area contributed by atoms with E-state index in [1.807, 2.05) is 39.0 Å². The minimum atomic E-state index is -0.509. The molecule has 0 amide bonds. The van der Waals surface area contributed by atoms with Crippen molar-refractivity contribution in [3.63, 3.8) is 0 Å². The van der Waals surface area contributed by atoms with Crippen LogP contribution in [0.1, 0.15) is 19.4 Å². The lowest BCUT2D eigenvalue weighted by molar-refractivity contribution is -0.137. The number of hydrogen-bond donors (Lipinski definition) is 2. The summed E-state index contributed by atoms with van der Waals surface area (Å²) in [6.45, 7) is 6.93. The number of hydrogen-bond acceptors (Lipinski definition) is 3. The van der Waals surface area contributed by atoms with E-state index in [-0.39, 0.29) is 6.10 Å². The predicted octanol–water partition coefficient (Wildman–Crippen LogP) is 3.09. The van der Waals surface area contributed by atoms with Crippen LogP contribution in [0.15, 0.2) is 18.2 Å². The van der Waals surface area contributed by atoms with Crippen molar-refractivity contribution < 1.29 is 9.47 Å². The van der Waals surface area contributed by atoms with E-state index in [0.29, 0.717) is 23.3 Å². The molecule has 0 spiro atoms. The Balaban J connectivity index is 1.83. The van der Waals surface area contributed by atoms with Gasteiger partial charge in [-0.1, -0.05) is 17.7 Å². The van der Waals surface area contributed by atoms with E-state index in [0.717, 1.165) is 11.3 Å². The highest BCUT2D eigenvalue weighted by Gasteiger charge is 2.32. The Hall–Kier alpha value is -0.880. The highest BCUT2D eigenvalue weighted by atomic mass is 35.5. The number of anilines is 1. The minimum Gasteiger partial charge on any atom is -0.360 e. The second-order valence-corrected chi connectivity index (χ2v) is 6.01. The standard InChI is InChI=1S/C14H19ClN2O2S/c1-9-11(15)5-4-6-12(9)17-13(20)16-7-10-8-18-14(2,3)19-10/h4-6,10H,7-8H2,1-3H3,(H2,16,17,20). The molecule has 1 aromatic rings. The maximum Gasteiger partial charge on any atom is 0.170 e. The summed E-state index contributed by atoms with van der Waals surface area (Å²) in [4.78, 5) is 0. The van der Waals surface area contributed by atoms with E-state index in [2.05, 4.69) is 10.6 Å². The largest absolute Gasteiger partial charge is 0.360 e.